The molecule has 1 amide bonds. The van der Waals surface area contributed by atoms with Gasteiger partial charge >= 0.3 is 6.18 Å². The lowest BCUT2D eigenvalue weighted by molar-refractivity contribution is -0.137. The van der Waals surface area contributed by atoms with Gasteiger partial charge in [0.05, 0.1) is 11.3 Å². The van der Waals surface area contributed by atoms with Crippen LogP contribution >= 0.6 is 0 Å². The van der Waals surface area contributed by atoms with Gasteiger partial charge in [-0.1, -0.05) is 42.5 Å². The molecular weight excluding hydrogens is 305 g/mol. The first-order valence-electron chi connectivity index (χ1n) is 6.99. The number of nitrogens with zero attached hydrogens (tertiary/aromatic N) is 1. The number of carbonyl (C=O) groups excluding carboxylic acids is 1. The van der Waals surface area contributed by atoms with Gasteiger partial charge in [0.1, 0.15) is 6.04 Å². The predicted molar refractivity (Wildman–Crippen MR) is 82.9 cm³/mol. The Bertz CT molecular complexity index is 669. The van der Waals surface area contributed by atoms with E-state index in [0.717, 1.165) is 6.07 Å². The number of benzene rings is 2. The maximum atomic E-state index is 13.0. The summed E-state index contributed by atoms with van der Waals surface area (Å²) in [4.78, 5) is 14.2. The normalized spacial score (nSPS) is 13.0. The number of hydrogen-bond acceptors (Lipinski definition) is 2. The van der Waals surface area contributed by atoms with Gasteiger partial charge in [0.15, 0.2) is 0 Å². The van der Waals surface area contributed by atoms with Crippen molar-refractivity contribution in [2.75, 3.05) is 19.4 Å². The molecule has 1 atom stereocenters. The monoisotopic (exact) mass is 322 g/mol. The van der Waals surface area contributed by atoms with E-state index in [1.165, 1.54) is 18.2 Å². The topological polar surface area (TPSA) is 32.3 Å². The van der Waals surface area contributed by atoms with Crippen LogP contribution in [-0.4, -0.2) is 24.9 Å². The van der Waals surface area contributed by atoms with Gasteiger partial charge in [0.2, 0.25) is 5.91 Å². The molecule has 0 saturated carbocycles. The lowest BCUT2D eigenvalue weighted by Crippen LogP contribution is -2.32. The molecule has 0 bridgehead atoms. The number of alkyl halides is 3. The van der Waals surface area contributed by atoms with E-state index in [1.807, 2.05) is 6.07 Å². The summed E-state index contributed by atoms with van der Waals surface area (Å²) in [5.41, 5.74) is -0.397. The van der Waals surface area contributed by atoms with Crippen molar-refractivity contribution in [2.24, 2.45) is 0 Å². The first kappa shape index (κ1) is 17.0. The molecular formula is C17H17F3N2O. The largest absolute Gasteiger partial charge is 0.418 e. The molecule has 0 aromatic heterocycles. The molecule has 23 heavy (non-hydrogen) atoms. The van der Waals surface area contributed by atoms with Crippen LogP contribution in [0.1, 0.15) is 17.2 Å². The van der Waals surface area contributed by atoms with Gasteiger partial charge in [-0.3, -0.25) is 9.69 Å². The third kappa shape index (κ3) is 4.10. The highest BCUT2D eigenvalue weighted by Crippen LogP contribution is 2.35. The van der Waals surface area contributed by atoms with Crippen LogP contribution in [0.15, 0.2) is 54.6 Å². The smallest absolute Gasteiger partial charge is 0.324 e. The Labute approximate surface area is 132 Å². The number of anilines is 1. The lowest BCUT2D eigenvalue weighted by atomic mass is 10.0. The fourth-order valence-electron chi connectivity index (χ4n) is 2.36. The van der Waals surface area contributed by atoms with E-state index < -0.39 is 23.7 Å². The number of nitrogens with one attached hydrogen (secondary N) is 1. The SMILES string of the molecule is CN(C)C(C(=O)Nc1ccccc1C(F)(F)F)c1ccccc1. The van der Waals surface area contributed by atoms with E-state index in [4.69, 9.17) is 0 Å². The van der Waals surface area contributed by atoms with E-state index in [9.17, 15) is 18.0 Å². The second-order valence-corrected chi connectivity index (χ2v) is 5.31. The average molecular weight is 322 g/mol. The van der Waals surface area contributed by atoms with Crippen LogP contribution in [0.25, 0.3) is 0 Å². The van der Waals surface area contributed by atoms with Gasteiger partial charge in [-0.25, -0.2) is 0 Å². The Morgan fingerprint density at radius 1 is 1.00 bits per heavy atom. The Balaban J connectivity index is 2.31. The first-order chi connectivity index (χ1) is 10.8. The fourth-order valence-corrected chi connectivity index (χ4v) is 2.36. The number of rotatable bonds is 4. The van der Waals surface area contributed by atoms with Gasteiger partial charge in [-0.2, -0.15) is 13.2 Å². The van der Waals surface area contributed by atoms with Gasteiger partial charge in [0.25, 0.3) is 0 Å². The summed E-state index contributed by atoms with van der Waals surface area (Å²) in [6.45, 7) is 0. The van der Waals surface area contributed by atoms with Crippen LogP contribution in [-0.2, 0) is 11.0 Å². The number of likely N-dealkylation sites (N-methyl/N-ethyl adjacent to an activating group) is 1. The highest BCUT2D eigenvalue weighted by atomic mass is 19.4. The molecule has 0 radical (unpaired) electrons. The van der Waals surface area contributed by atoms with Crippen molar-refractivity contribution in [1.29, 1.82) is 0 Å². The second kappa shape index (κ2) is 6.83. The van der Waals surface area contributed by atoms with E-state index in [2.05, 4.69) is 5.32 Å². The van der Waals surface area contributed by atoms with Crippen molar-refractivity contribution in [2.45, 2.75) is 12.2 Å². The van der Waals surface area contributed by atoms with Crippen molar-refractivity contribution in [3.8, 4) is 0 Å². The number of amides is 1. The van der Waals surface area contributed by atoms with Crippen LogP contribution in [0.3, 0.4) is 0 Å². The van der Waals surface area contributed by atoms with Crippen LogP contribution < -0.4 is 5.32 Å². The van der Waals surface area contributed by atoms with Gasteiger partial charge in [-0.05, 0) is 31.8 Å². The molecule has 1 N–H and O–H groups in total. The molecule has 2 aromatic carbocycles. The van der Waals surface area contributed by atoms with E-state index >= 15 is 0 Å². The quantitative estimate of drug-likeness (QED) is 0.924. The van der Waals surface area contributed by atoms with Crippen molar-refractivity contribution in [3.05, 3.63) is 65.7 Å². The number of hydrogen-bond donors (Lipinski definition) is 1. The zero-order valence-electron chi connectivity index (χ0n) is 12.8. The molecule has 2 rings (SSSR count). The first-order valence-corrected chi connectivity index (χ1v) is 6.99. The molecule has 0 aliphatic heterocycles. The molecule has 0 heterocycles. The number of para-hydroxylation sites is 1. The average Bonchev–Trinajstić information content (AvgIpc) is 2.47. The summed E-state index contributed by atoms with van der Waals surface area (Å²) >= 11 is 0. The van der Waals surface area contributed by atoms with Crippen molar-refractivity contribution < 1.29 is 18.0 Å². The maximum absolute atomic E-state index is 13.0. The second-order valence-electron chi connectivity index (χ2n) is 5.31. The van der Waals surface area contributed by atoms with Crippen LogP contribution in [0.4, 0.5) is 18.9 Å². The molecule has 2 aromatic rings. The highest BCUT2D eigenvalue weighted by molar-refractivity contribution is 5.96. The summed E-state index contributed by atoms with van der Waals surface area (Å²) < 4.78 is 39.1. The van der Waals surface area contributed by atoms with Gasteiger partial charge < -0.3 is 5.32 Å². The standard InChI is InChI=1S/C17H17F3N2O/c1-22(2)15(12-8-4-3-5-9-12)16(23)21-14-11-7-6-10-13(14)17(18,19)20/h3-11,15H,1-2H3,(H,21,23). The zero-order valence-corrected chi connectivity index (χ0v) is 12.8. The van der Waals surface area contributed by atoms with Gasteiger partial charge in [-0.15, -0.1) is 0 Å². The van der Waals surface area contributed by atoms with Crippen LogP contribution in [0, 0.1) is 0 Å². The summed E-state index contributed by atoms with van der Waals surface area (Å²) in [5.74, 6) is -0.516. The molecule has 1 unspecified atom stereocenters. The Hall–Kier alpha value is -2.34. The molecule has 3 nitrogen and oxygen atoms in total. The predicted octanol–water partition coefficient (Wildman–Crippen LogP) is 3.95. The van der Waals surface area contributed by atoms with Crippen LogP contribution in [0.2, 0.25) is 0 Å². The van der Waals surface area contributed by atoms with Crippen molar-refractivity contribution in [3.63, 3.8) is 0 Å². The minimum absolute atomic E-state index is 0.243. The van der Waals surface area contributed by atoms with Crippen molar-refractivity contribution >= 4 is 11.6 Å². The Morgan fingerprint density at radius 3 is 2.13 bits per heavy atom. The van der Waals surface area contributed by atoms with E-state index in [0.29, 0.717) is 5.56 Å². The number of carbonyl (C=O) groups is 1. The summed E-state index contributed by atoms with van der Waals surface area (Å²) in [6, 6.07) is 13.2. The third-order valence-corrected chi connectivity index (χ3v) is 3.37. The van der Waals surface area contributed by atoms with E-state index in [-0.39, 0.29) is 5.69 Å². The Morgan fingerprint density at radius 2 is 1.57 bits per heavy atom. The fraction of sp³-hybridized carbons (Fsp3) is 0.235. The molecule has 0 aliphatic carbocycles. The van der Waals surface area contributed by atoms with E-state index in [1.54, 1.807) is 43.3 Å². The maximum Gasteiger partial charge on any atom is 0.418 e. The summed E-state index contributed by atoms with van der Waals surface area (Å²) in [7, 11) is 3.40. The lowest BCUT2D eigenvalue weighted by Gasteiger charge is -2.24. The zero-order chi connectivity index (χ0) is 17.0. The third-order valence-electron chi connectivity index (χ3n) is 3.37. The van der Waals surface area contributed by atoms with Gasteiger partial charge in [0, 0.05) is 0 Å². The van der Waals surface area contributed by atoms with Crippen LogP contribution in [0.5, 0.6) is 0 Å². The molecule has 122 valence electrons. The molecule has 0 saturated heterocycles. The molecule has 0 fully saturated rings. The summed E-state index contributed by atoms with van der Waals surface area (Å²) in [5, 5.41) is 2.40. The molecule has 6 heteroatoms. The highest BCUT2D eigenvalue weighted by Gasteiger charge is 2.34. The number of halogens is 3. The minimum Gasteiger partial charge on any atom is -0.324 e. The molecule has 0 aliphatic rings. The van der Waals surface area contributed by atoms with Crippen molar-refractivity contribution in [1.82, 2.24) is 4.90 Å². The Kier molecular flexibility index (Phi) is 5.05. The summed E-state index contributed by atoms with van der Waals surface area (Å²) in [6.07, 6.45) is -4.52. The molecule has 0 spiro atoms. The minimum atomic E-state index is -4.52.